The number of halogens is 3. The van der Waals surface area contributed by atoms with E-state index in [1.807, 2.05) is 6.07 Å². The zero-order valence-electron chi connectivity index (χ0n) is 16.7. The lowest BCUT2D eigenvalue weighted by Crippen LogP contribution is -2.55. The lowest BCUT2D eigenvalue weighted by Gasteiger charge is -2.43. The van der Waals surface area contributed by atoms with Crippen molar-refractivity contribution >= 4 is 39.3 Å². The number of aromatic nitrogens is 4. The minimum Gasteiger partial charge on any atom is -0.394 e. The van der Waals surface area contributed by atoms with Crippen molar-refractivity contribution in [1.82, 2.24) is 20.0 Å². The quantitative estimate of drug-likeness (QED) is 0.486. The summed E-state index contributed by atoms with van der Waals surface area (Å²) in [5.74, 6) is -0.570. The van der Waals surface area contributed by atoms with E-state index in [1.165, 1.54) is 35.7 Å². The molecular weight excluding hydrogens is 527 g/mol. The summed E-state index contributed by atoms with van der Waals surface area (Å²) in [6, 6.07) is 5.49. The van der Waals surface area contributed by atoms with E-state index < -0.39 is 42.2 Å². The van der Waals surface area contributed by atoms with Gasteiger partial charge >= 0.3 is 0 Å². The number of aliphatic hydroxyl groups excluding tert-OH is 2. The van der Waals surface area contributed by atoms with Crippen LogP contribution in [-0.2, 0) is 9.47 Å². The zero-order valence-corrected chi connectivity index (χ0v) is 19.8. The average molecular weight is 546 g/mol. The van der Waals surface area contributed by atoms with Crippen molar-refractivity contribution in [2.24, 2.45) is 0 Å². The largest absolute Gasteiger partial charge is 0.394 e. The number of hydrogen-bond acceptors (Lipinski definition) is 8. The fourth-order valence-electron chi connectivity index (χ4n) is 3.51. The van der Waals surface area contributed by atoms with Gasteiger partial charge in [0.2, 0.25) is 0 Å². The second-order valence-corrected chi connectivity index (χ2v) is 9.57. The minimum absolute atomic E-state index is 0.00753. The van der Waals surface area contributed by atoms with E-state index in [4.69, 9.17) is 21.1 Å². The van der Waals surface area contributed by atoms with Gasteiger partial charge in [-0.2, -0.15) is 0 Å². The maximum atomic E-state index is 13.9. The number of ether oxygens (including phenoxy) is 2. The molecule has 0 saturated carbocycles. The third-order valence-corrected chi connectivity index (χ3v) is 6.91. The highest BCUT2D eigenvalue weighted by atomic mass is 79.9. The number of benzene rings is 1. The summed E-state index contributed by atoms with van der Waals surface area (Å²) in [5, 5.41) is 29.0. The molecule has 3 aromatic rings. The molecule has 0 bridgehead atoms. The SMILES string of the molecule is CO[C@@H]1[C@@H](n2cc(-c3ccc(Cl)c(F)c3)nn2)[C@@H](O)[C@@H](CO)O[C@@H]1Sc1cncc(Br)c1. The predicted octanol–water partition coefficient (Wildman–Crippen LogP) is 3.32. The van der Waals surface area contributed by atoms with Crippen LogP contribution in [0.3, 0.4) is 0 Å². The molecule has 0 radical (unpaired) electrons. The number of nitrogens with zero attached hydrogens (tertiary/aromatic N) is 4. The van der Waals surface area contributed by atoms with Crippen LogP contribution >= 0.6 is 39.3 Å². The van der Waals surface area contributed by atoms with Crippen molar-refractivity contribution in [2.45, 2.75) is 34.7 Å². The van der Waals surface area contributed by atoms with E-state index in [0.717, 1.165) is 9.37 Å². The van der Waals surface area contributed by atoms with Crippen molar-refractivity contribution in [3.05, 3.63) is 58.2 Å². The summed E-state index contributed by atoms with van der Waals surface area (Å²) >= 11 is 10.5. The van der Waals surface area contributed by atoms with E-state index in [2.05, 4.69) is 31.2 Å². The van der Waals surface area contributed by atoms with Crippen LogP contribution in [0.2, 0.25) is 5.02 Å². The van der Waals surface area contributed by atoms with E-state index in [-0.39, 0.29) is 5.02 Å². The van der Waals surface area contributed by atoms with Gasteiger partial charge in [-0.1, -0.05) is 34.6 Å². The van der Waals surface area contributed by atoms with E-state index in [0.29, 0.717) is 11.3 Å². The molecule has 1 saturated heterocycles. The topological polar surface area (TPSA) is 103 Å². The molecular formula is C20H19BrClFN4O4S. The monoisotopic (exact) mass is 544 g/mol. The van der Waals surface area contributed by atoms with Crippen LogP contribution in [0.25, 0.3) is 11.3 Å². The van der Waals surface area contributed by atoms with Gasteiger partial charge in [-0.25, -0.2) is 9.07 Å². The third-order valence-electron chi connectivity index (χ3n) is 5.06. The van der Waals surface area contributed by atoms with Gasteiger partial charge in [-0.15, -0.1) is 5.10 Å². The number of thioether (sulfide) groups is 1. The molecule has 5 atom stereocenters. The Morgan fingerprint density at radius 1 is 1.34 bits per heavy atom. The Morgan fingerprint density at radius 2 is 2.16 bits per heavy atom. The molecule has 0 aliphatic carbocycles. The summed E-state index contributed by atoms with van der Waals surface area (Å²) in [4.78, 5) is 4.97. The zero-order chi connectivity index (χ0) is 22.8. The standard InChI is InChI=1S/C20H19BrClFN4O4S/c1-30-19-17(27-8-15(25-26-27)10-2-3-13(22)14(23)4-10)18(29)16(9-28)31-20(19)32-12-5-11(21)6-24-7-12/h2-8,16-20,28-29H,9H2,1H3/t16-,17+,18+,19-,20-/m1/s1. The van der Waals surface area contributed by atoms with Crippen LogP contribution < -0.4 is 0 Å². The molecule has 1 aliphatic heterocycles. The molecule has 170 valence electrons. The first kappa shape index (κ1) is 23.6. The van der Waals surface area contributed by atoms with Gasteiger partial charge in [-0.3, -0.25) is 4.98 Å². The van der Waals surface area contributed by atoms with Crippen LogP contribution in [0.15, 0.2) is 52.2 Å². The van der Waals surface area contributed by atoms with Crippen molar-refractivity contribution in [3.8, 4) is 11.3 Å². The van der Waals surface area contributed by atoms with E-state index >= 15 is 0 Å². The highest BCUT2D eigenvalue weighted by Gasteiger charge is 2.47. The summed E-state index contributed by atoms with van der Waals surface area (Å²) in [6.07, 6.45) is 2.29. The summed E-state index contributed by atoms with van der Waals surface area (Å²) in [6.45, 7) is -0.397. The Morgan fingerprint density at radius 3 is 2.84 bits per heavy atom. The van der Waals surface area contributed by atoms with Crippen LogP contribution in [-0.4, -0.2) is 67.7 Å². The molecule has 8 nitrogen and oxygen atoms in total. The Balaban J connectivity index is 1.66. The Bertz CT molecular complexity index is 1090. The van der Waals surface area contributed by atoms with Crippen LogP contribution in [0.4, 0.5) is 4.39 Å². The maximum Gasteiger partial charge on any atom is 0.142 e. The molecule has 12 heteroatoms. The first-order valence-electron chi connectivity index (χ1n) is 9.53. The van der Waals surface area contributed by atoms with Crippen molar-refractivity contribution in [1.29, 1.82) is 0 Å². The lowest BCUT2D eigenvalue weighted by atomic mass is 9.97. The van der Waals surface area contributed by atoms with Gasteiger partial charge in [0.1, 0.15) is 41.3 Å². The molecule has 1 fully saturated rings. The van der Waals surface area contributed by atoms with E-state index in [1.54, 1.807) is 24.7 Å². The summed E-state index contributed by atoms with van der Waals surface area (Å²) in [5.41, 5.74) is 0.302. The summed E-state index contributed by atoms with van der Waals surface area (Å²) in [7, 11) is 1.51. The average Bonchev–Trinajstić information content (AvgIpc) is 3.26. The highest BCUT2D eigenvalue weighted by Crippen LogP contribution is 2.40. The van der Waals surface area contributed by atoms with Gasteiger partial charge < -0.3 is 19.7 Å². The van der Waals surface area contributed by atoms with Gasteiger partial charge in [-0.05, 0) is 34.1 Å². The van der Waals surface area contributed by atoms with Crippen LogP contribution in [0, 0.1) is 5.82 Å². The fourth-order valence-corrected chi connectivity index (χ4v) is 5.33. The molecule has 0 spiro atoms. The van der Waals surface area contributed by atoms with Gasteiger partial charge in [0.25, 0.3) is 0 Å². The number of methoxy groups -OCH3 is 1. The molecule has 1 aromatic carbocycles. The lowest BCUT2D eigenvalue weighted by molar-refractivity contribution is -0.186. The summed E-state index contributed by atoms with van der Waals surface area (Å²) < 4.78 is 27.8. The van der Waals surface area contributed by atoms with Crippen LogP contribution in [0.1, 0.15) is 6.04 Å². The van der Waals surface area contributed by atoms with Crippen molar-refractivity contribution < 1.29 is 24.1 Å². The van der Waals surface area contributed by atoms with Gasteiger partial charge in [0.05, 0.1) is 17.8 Å². The molecule has 2 N–H and O–H groups in total. The van der Waals surface area contributed by atoms with Gasteiger partial charge in [0, 0.05) is 34.4 Å². The second-order valence-electron chi connectivity index (χ2n) is 7.08. The highest BCUT2D eigenvalue weighted by molar-refractivity contribution is 9.10. The van der Waals surface area contributed by atoms with E-state index in [9.17, 15) is 14.6 Å². The third kappa shape index (κ3) is 4.84. The van der Waals surface area contributed by atoms with Crippen LogP contribution in [0.5, 0.6) is 0 Å². The van der Waals surface area contributed by atoms with Crippen molar-refractivity contribution in [3.63, 3.8) is 0 Å². The van der Waals surface area contributed by atoms with Gasteiger partial charge in [0.15, 0.2) is 0 Å². The molecule has 32 heavy (non-hydrogen) atoms. The molecule has 4 rings (SSSR count). The number of aliphatic hydroxyl groups is 2. The first-order valence-corrected chi connectivity index (χ1v) is 11.6. The molecule has 1 aliphatic rings. The number of rotatable bonds is 6. The molecule has 2 aromatic heterocycles. The number of hydrogen-bond donors (Lipinski definition) is 2. The predicted molar refractivity (Wildman–Crippen MR) is 120 cm³/mol. The maximum absolute atomic E-state index is 13.9. The molecule has 0 unspecified atom stereocenters. The normalized spacial score (nSPS) is 25.8. The Hall–Kier alpha value is -1.60. The fraction of sp³-hybridized carbons (Fsp3) is 0.350. The Labute approximate surface area is 200 Å². The minimum atomic E-state index is -1.13. The molecule has 0 amide bonds. The number of pyridine rings is 1. The molecule has 3 heterocycles. The Kier molecular flexibility index (Phi) is 7.45. The smallest absolute Gasteiger partial charge is 0.142 e. The van der Waals surface area contributed by atoms with Crippen molar-refractivity contribution in [2.75, 3.05) is 13.7 Å². The first-order chi connectivity index (χ1) is 15.4. The second kappa shape index (κ2) is 10.1.